The summed E-state index contributed by atoms with van der Waals surface area (Å²) in [6.07, 6.45) is 0. The van der Waals surface area contributed by atoms with E-state index in [0.717, 1.165) is 0 Å². The third-order valence-electron chi connectivity index (χ3n) is 1.43. The van der Waals surface area contributed by atoms with Crippen molar-refractivity contribution in [2.75, 3.05) is 0 Å². The molecule has 0 atom stereocenters. The summed E-state index contributed by atoms with van der Waals surface area (Å²) < 4.78 is 3.71. The zero-order chi connectivity index (χ0) is 9.23. The highest BCUT2D eigenvalue weighted by atomic mass is 28.5. The minimum absolute atomic E-state index is 0.273. The molecule has 0 spiro atoms. The molecule has 0 aromatic rings. The van der Waals surface area contributed by atoms with Gasteiger partial charge >= 0.3 is 26.4 Å². The predicted octanol–water partition coefficient (Wildman–Crippen LogP) is 2.88. The Balaban J connectivity index is 4.35. The fraction of sp³-hybridized carbons (Fsp3) is 1.00. The molecule has 0 aliphatic heterocycles. The molecule has 0 rings (SSSR count). The van der Waals surface area contributed by atoms with Crippen LogP contribution in [0.1, 0.15) is 0 Å². The molecule has 2 radical (unpaired) electrons. The fourth-order valence-corrected chi connectivity index (χ4v) is 14.7. The van der Waals surface area contributed by atoms with E-state index in [0.29, 0.717) is 0 Å². The fourth-order valence-electron chi connectivity index (χ4n) is 1.63. The lowest BCUT2D eigenvalue weighted by atomic mass is 11.8. The van der Waals surface area contributed by atoms with Crippen molar-refractivity contribution in [1.29, 1.82) is 0 Å². The van der Waals surface area contributed by atoms with Gasteiger partial charge < -0.3 is 3.43 Å². The van der Waals surface area contributed by atoms with Gasteiger partial charge in [-0.1, -0.05) is 0 Å². The lowest BCUT2D eigenvalue weighted by Crippen LogP contribution is -2.50. The first-order valence-corrected chi connectivity index (χ1v) is 12.3. The van der Waals surface area contributed by atoms with E-state index in [2.05, 4.69) is 49.3 Å². The molecule has 0 saturated carbocycles. The minimum Gasteiger partial charge on any atom is -0.716 e. The van der Waals surface area contributed by atoms with E-state index in [1.165, 1.54) is 0 Å². The summed E-state index contributed by atoms with van der Waals surface area (Å²) in [5, 5.41) is 0. The van der Waals surface area contributed by atoms with Crippen LogP contribution in [0, 0.1) is 0 Å². The molecular weight excluding hydrogens is 184 g/mol. The maximum absolute atomic E-state index is 3.71. The molecular formula is C7H21OSi3+. The van der Waals surface area contributed by atoms with Gasteiger partial charge in [-0.25, -0.2) is 0 Å². The van der Waals surface area contributed by atoms with Gasteiger partial charge in [0.2, 0.25) is 0 Å². The van der Waals surface area contributed by atoms with E-state index in [1.54, 1.807) is 0 Å². The van der Waals surface area contributed by atoms with Crippen LogP contribution in [-0.4, -0.2) is 26.4 Å². The van der Waals surface area contributed by atoms with Crippen LogP contribution in [0.3, 0.4) is 0 Å². The Labute approximate surface area is 76.1 Å². The Morgan fingerprint density at radius 2 is 1.09 bits per heavy atom. The highest BCUT2D eigenvalue weighted by Gasteiger charge is 2.37. The van der Waals surface area contributed by atoms with Gasteiger partial charge in [0, 0.05) is 26.2 Å². The molecule has 66 valence electrons. The van der Waals surface area contributed by atoms with Crippen molar-refractivity contribution in [2.24, 2.45) is 0 Å². The molecule has 0 unspecified atom stereocenters. The Hall–Kier alpha value is 0.611. The van der Waals surface area contributed by atoms with E-state index >= 15 is 0 Å². The standard InChI is InChI=1S/C7H21OSi3/c1-9(2)8(10(3)4)11(5,6)7/h1-7H3/q+1. The van der Waals surface area contributed by atoms with Gasteiger partial charge in [-0.15, -0.1) is 0 Å². The van der Waals surface area contributed by atoms with E-state index in [1.807, 2.05) is 0 Å². The summed E-state index contributed by atoms with van der Waals surface area (Å²) in [7, 11) is -1.62. The summed E-state index contributed by atoms with van der Waals surface area (Å²) in [6, 6.07) is 0. The minimum atomic E-state index is -1.07. The second-order valence-electron chi connectivity index (χ2n) is 4.24. The summed E-state index contributed by atoms with van der Waals surface area (Å²) in [6.45, 7) is 16.8. The predicted molar refractivity (Wildman–Crippen MR) is 59.4 cm³/mol. The van der Waals surface area contributed by atoms with Gasteiger partial charge in [-0.05, 0) is 19.6 Å². The lowest BCUT2D eigenvalue weighted by Gasteiger charge is -2.40. The molecule has 0 fully saturated rings. The van der Waals surface area contributed by atoms with Crippen molar-refractivity contribution in [2.45, 2.75) is 45.8 Å². The van der Waals surface area contributed by atoms with Gasteiger partial charge in [0.25, 0.3) is 0 Å². The van der Waals surface area contributed by atoms with E-state index < -0.39 is 8.32 Å². The van der Waals surface area contributed by atoms with Crippen LogP contribution in [0.5, 0.6) is 0 Å². The molecule has 0 saturated heterocycles. The van der Waals surface area contributed by atoms with Crippen LogP contribution < -0.4 is 0 Å². The highest BCUT2D eigenvalue weighted by molar-refractivity contribution is 6.87. The summed E-state index contributed by atoms with van der Waals surface area (Å²) in [5.74, 6) is 0. The van der Waals surface area contributed by atoms with Gasteiger partial charge in [-0.2, -0.15) is 0 Å². The average Bonchev–Trinajstić information content (AvgIpc) is 1.54. The van der Waals surface area contributed by atoms with Crippen molar-refractivity contribution in [3.63, 3.8) is 0 Å². The molecule has 0 aliphatic rings. The molecule has 1 nitrogen and oxygen atoms in total. The quantitative estimate of drug-likeness (QED) is 0.492. The molecule has 0 aromatic heterocycles. The molecule has 4 heteroatoms. The Bertz CT molecular complexity index is 109. The monoisotopic (exact) mass is 205 g/mol. The first-order chi connectivity index (χ1) is 4.76. The molecule has 0 N–H and O–H groups in total. The normalized spacial score (nSPS) is 13.6. The second-order valence-corrected chi connectivity index (χ2v) is 14.5. The van der Waals surface area contributed by atoms with Gasteiger partial charge in [0.1, 0.15) is 0 Å². The molecule has 0 aromatic carbocycles. The molecule has 0 bridgehead atoms. The van der Waals surface area contributed by atoms with Crippen molar-refractivity contribution < 1.29 is 3.43 Å². The van der Waals surface area contributed by atoms with Crippen LogP contribution in [0.15, 0.2) is 0 Å². The maximum Gasteiger partial charge on any atom is 0.402 e. The topological polar surface area (TPSA) is 2.70 Å². The third kappa shape index (κ3) is 3.69. The first kappa shape index (κ1) is 11.6. The van der Waals surface area contributed by atoms with E-state index in [9.17, 15) is 0 Å². The van der Waals surface area contributed by atoms with Crippen molar-refractivity contribution in [3.8, 4) is 0 Å². The average molecular weight is 206 g/mol. The molecule has 0 amide bonds. The van der Waals surface area contributed by atoms with Crippen LogP contribution in [0.2, 0.25) is 45.8 Å². The summed E-state index contributed by atoms with van der Waals surface area (Å²) in [4.78, 5) is 0. The number of hydrogen-bond donors (Lipinski definition) is 0. The molecule has 11 heavy (non-hydrogen) atoms. The largest absolute Gasteiger partial charge is 0.716 e. The van der Waals surface area contributed by atoms with E-state index in [-0.39, 0.29) is 18.1 Å². The van der Waals surface area contributed by atoms with E-state index in [4.69, 9.17) is 0 Å². The first-order valence-electron chi connectivity index (χ1n) is 4.11. The van der Waals surface area contributed by atoms with Crippen LogP contribution in [0.25, 0.3) is 0 Å². The summed E-state index contributed by atoms with van der Waals surface area (Å²) in [5.41, 5.74) is 0. The van der Waals surface area contributed by atoms with Crippen molar-refractivity contribution >= 4 is 26.4 Å². The zero-order valence-electron chi connectivity index (χ0n) is 8.91. The molecule has 0 aliphatic carbocycles. The smallest absolute Gasteiger partial charge is 0.402 e. The maximum atomic E-state index is 3.71. The third-order valence-corrected chi connectivity index (χ3v) is 12.9. The SMILES string of the molecule is C[Si](C)[O+]([Si](C)C)[Si](C)(C)C. The number of rotatable bonds is 3. The summed E-state index contributed by atoms with van der Waals surface area (Å²) >= 11 is 0. The lowest BCUT2D eigenvalue weighted by molar-refractivity contribution is 0.394. The number of hydrogen-bond acceptors (Lipinski definition) is 0. The van der Waals surface area contributed by atoms with Crippen molar-refractivity contribution in [1.82, 2.24) is 0 Å². The van der Waals surface area contributed by atoms with Crippen LogP contribution in [0.4, 0.5) is 0 Å². The van der Waals surface area contributed by atoms with Crippen LogP contribution >= 0.6 is 0 Å². The zero-order valence-corrected chi connectivity index (χ0v) is 11.9. The van der Waals surface area contributed by atoms with Crippen LogP contribution in [-0.2, 0) is 3.43 Å². The van der Waals surface area contributed by atoms with Crippen molar-refractivity contribution in [3.05, 3.63) is 0 Å². The molecule has 0 heterocycles. The Morgan fingerprint density at radius 1 is 0.818 bits per heavy atom. The van der Waals surface area contributed by atoms with Gasteiger partial charge in [0.15, 0.2) is 0 Å². The second kappa shape index (κ2) is 4.02. The van der Waals surface area contributed by atoms with Gasteiger partial charge in [0.05, 0.1) is 0 Å². The van der Waals surface area contributed by atoms with Gasteiger partial charge in [-0.3, -0.25) is 0 Å². The highest BCUT2D eigenvalue weighted by Crippen LogP contribution is 2.19. The Morgan fingerprint density at radius 3 is 1.09 bits per heavy atom. The Kier molecular flexibility index (Phi) is 4.24.